The highest BCUT2D eigenvalue weighted by atomic mass is 16.2. The molecule has 0 heterocycles. The van der Waals surface area contributed by atoms with Crippen molar-refractivity contribution in [3.63, 3.8) is 0 Å². The van der Waals surface area contributed by atoms with Gasteiger partial charge in [-0.1, -0.05) is 35.9 Å². The van der Waals surface area contributed by atoms with Crippen molar-refractivity contribution in [3.8, 4) is 0 Å². The van der Waals surface area contributed by atoms with Crippen molar-refractivity contribution in [3.05, 3.63) is 100 Å². The van der Waals surface area contributed by atoms with Gasteiger partial charge in [-0.15, -0.1) is 0 Å². The number of amides is 2. The Morgan fingerprint density at radius 2 is 1.46 bits per heavy atom. The summed E-state index contributed by atoms with van der Waals surface area (Å²) in [6, 6.07) is 20.6. The molecule has 4 heteroatoms. The summed E-state index contributed by atoms with van der Waals surface area (Å²) in [7, 11) is 0. The van der Waals surface area contributed by atoms with E-state index in [-0.39, 0.29) is 11.8 Å². The van der Waals surface area contributed by atoms with Crippen molar-refractivity contribution in [2.24, 2.45) is 0 Å². The van der Waals surface area contributed by atoms with Gasteiger partial charge in [-0.25, -0.2) is 0 Å². The van der Waals surface area contributed by atoms with Crippen LogP contribution in [0.5, 0.6) is 0 Å². The lowest BCUT2D eigenvalue weighted by molar-refractivity contribution is 0.0949. The summed E-state index contributed by atoms with van der Waals surface area (Å²) in [6.45, 7) is 6.39. The Morgan fingerprint density at radius 3 is 2.18 bits per heavy atom. The third-order valence-corrected chi connectivity index (χ3v) is 4.72. The summed E-state index contributed by atoms with van der Waals surface area (Å²) < 4.78 is 0. The number of aryl methyl sites for hydroxylation is 3. The number of carbonyl (C=O) groups is 2. The minimum absolute atomic E-state index is 0.114. The molecule has 0 fully saturated rings. The predicted octanol–water partition coefficient (Wildman–Crippen LogP) is 4.79. The standard InChI is InChI=1S/C24H24N2O2/c1-16-7-10-20(11-8-16)24(28)26-22-6-4-5-19(14-22)15-25-23(27)21-12-9-17(2)18(3)13-21/h4-14H,15H2,1-3H3,(H,25,27)(H,26,28). The quantitative estimate of drug-likeness (QED) is 0.676. The molecule has 3 rings (SSSR count). The topological polar surface area (TPSA) is 58.2 Å². The van der Waals surface area contributed by atoms with E-state index in [0.29, 0.717) is 23.4 Å². The second-order valence-electron chi connectivity index (χ2n) is 7.00. The van der Waals surface area contributed by atoms with Gasteiger partial charge in [0.1, 0.15) is 0 Å². The largest absolute Gasteiger partial charge is 0.348 e. The van der Waals surface area contributed by atoms with E-state index in [1.54, 1.807) is 12.1 Å². The molecule has 0 aromatic heterocycles. The van der Waals surface area contributed by atoms with Crippen LogP contribution in [0, 0.1) is 20.8 Å². The number of hydrogen-bond donors (Lipinski definition) is 2. The summed E-state index contributed by atoms with van der Waals surface area (Å²) in [5.74, 6) is -0.270. The third-order valence-electron chi connectivity index (χ3n) is 4.72. The molecule has 2 amide bonds. The highest BCUT2D eigenvalue weighted by Crippen LogP contribution is 2.14. The fraction of sp³-hybridized carbons (Fsp3) is 0.167. The first kappa shape index (κ1) is 19.4. The molecular formula is C24H24N2O2. The van der Waals surface area contributed by atoms with Gasteiger partial charge in [-0.2, -0.15) is 0 Å². The van der Waals surface area contributed by atoms with Crippen LogP contribution in [0.4, 0.5) is 5.69 Å². The van der Waals surface area contributed by atoms with Crippen LogP contribution in [-0.4, -0.2) is 11.8 Å². The molecule has 3 aromatic carbocycles. The fourth-order valence-corrected chi connectivity index (χ4v) is 2.83. The third kappa shape index (κ3) is 4.86. The van der Waals surface area contributed by atoms with Gasteiger partial charge < -0.3 is 10.6 Å². The number of carbonyl (C=O) groups excluding carboxylic acids is 2. The average molecular weight is 372 g/mol. The van der Waals surface area contributed by atoms with E-state index in [2.05, 4.69) is 10.6 Å². The molecule has 28 heavy (non-hydrogen) atoms. The van der Waals surface area contributed by atoms with Crippen molar-refractivity contribution in [1.29, 1.82) is 0 Å². The van der Waals surface area contributed by atoms with Gasteiger partial charge in [0.05, 0.1) is 0 Å². The molecule has 0 unspecified atom stereocenters. The maximum atomic E-state index is 12.4. The first-order valence-corrected chi connectivity index (χ1v) is 9.25. The molecule has 4 nitrogen and oxygen atoms in total. The highest BCUT2D eigenvalue weighted by molar-refractivity contribution is 6.04. The van der Waals surface area contributed by atoms with Gasteiger partial charge in [-0.05, 0) is 73.9 Å². The average Bonchev–Trinajstić information content (AvgIpc) is 2.69. The first-order chi connectivity index (χ1) is 13.4. The van der Waals surface area contributed by atoms with Gasteiger partial charge in [0.25, 0.3) is 11.8 Å². The molecule has 0 radical (unpaired) electrons. The monoisotopic (exact) mass is 372 g/mol. The summed E-state index contributed by atoms with van der Waals surface area (Å²) in [5.41, 5.74) is 6.23. The van der Waals surface area contributed by atoms with Crippen LogP contribution in [-0.2, 0) is 6.54 Å². The second kappa shape index (κ2) is 8.53. The minimum Gasteiger partial charge on any atom is -0.348 e. The number of nitrogens with one attached hydrogen (secondary N) is 2. The lowest BCUT2D eigenvalue weighted by Gasteiger charge is -2.10. The van der Waals surface area contributed by atoms with Gasteiger partial charge in [-0.3, -0.25) is 9.59 Å². The lowest BCUT2D eigenvalue weighted by atomic mass is 10.1. The Balaban J connectivity index is 1.62. The Hall–Kier alpha value is -3.40. The number of benzene rings is 3. The van der Waals surface area contributed by atoms with Crippen LogP contribution in [0.15, 0.2) is 66.7 Å². The van der Waals surface area contributed by atoms with E-state index in [4.69, 9.17) is 0 Å². The van der Waals surface area contributed by atoms with Crippen molar-refractivity contribution < 1.29 is 9.59 Å². The van der Waals surface area contributed by atoms with Crippen molar-refractivity contribution in [2.75, 3.05) is 5.32 Å². The lowest BCUT2D eigenvalue weighted by Crippen LogP contribution is -2.23. The van der Waals surface area contributed by atoms with E-state index >= 15 is 0 Å². The van der Waals surface area contributed by atoms with Gasteiger partial charge in [0.15, 0.2) is 0 Å². The maximum absolute atomic E-state index is 12.4. The maximum Gasteiger partial charge on any atom is 0.255 e. The summed E-state index contributed by atoms with van der Waals surface area (Å²) in [4.78, 5) is 24.7. The fourth-order valence-electron chi connectivity index (χ4n) is 2.83. The molecule has 0 aliphatic carbocycles. The number of rotatable bonds is 5. The van der Waals surface area contributed by atoms with Crippen LogP contribution in [0.2, 0.25) is 0 Å². The molecule has 0 atom stereocenters. The van der Waals surface area contributed by atoms with Crippen LogP contribution in [0.3, 0.4) is 0 Å². The molecule has 0 bridgehead atoms. The van der Waals surface area contributed by atoms with Crippen molar-refractivity contribution in [2.45, 2.75) is 27.3 Å². The first-order valence-electron chi connectivity index (χ1n) is 9.25. The zero-order valence-electron chi connectivity index (χ0n) is 16.4. The van der Waals surface area contributed by atoms with Crippen LogP contribution in [0.1, 0.15) is 43.0 Å². The summed E-state index contributed by atoms with van der Waals surface area (Å²) in [6.07, 6.45) is 0. The van der Waals surface area contributed by atoms with E-state index in [9.17, 15) is 9.59 Å². The summed E-state index contributed by atoms with van der Waals surface area (Å²) >= 11 is 0. The summed E-state index contributed by atoms with van der Waals surface area (Å²) in [5, 5.41) is 5.83. The molecule has 0 saturated carbocycles. The smallest absolute Gasteiger partial charge is 0.255 e. The Labute approximate surface area is 165 Å². The van der Waals surface area contributed by atoms with E-state index in [1.165, 1.54) is 0 Å². The molecule has 0 aliphatic rings. The van der Waals surface area contributed by atoms with Crippen LogP contribution < -0.4 is 10.6 Å². The van der Waals surface area contributed by atoms with E-state index in [0.717, 1.165) is 22.3 Å². The predicted molar refractivity (Wildman–Crippen MR) is 113 cm³/mol. The molecule has 0 spiro atoms. The second-order valence-corrected chi connectivity index (χ2v) is 7.00. The number of hydrogen-bond acceptors (Lipinski definition) is 2. The van der Waals surface area contributed by atoms with Crippen molar-refractivity contribution >= 4 is 17.5 Å². The number of anilines is 1. The molecule has 0 saturated heterocycles. The Morgan fingerprint density at radius 1 is 0.750 bits per heavy atom. The minimum atomic E-state index is -0.156. The zero-order chi connectivity index (χ0) is 20.1. The SMILES string of the molecule is Cc1ccc(C(=O)Nc2cccc(CNC(=O)c3ccc(C)c(C)c3)c2)cc1. The molecule has 0 aliphatic heterocycles. The van der Waals surface area contributed by atoms with E-state index < -0.39 is 0 Å². The molecule has 142 valence electrons. The molecular weight excluding hydrogens is 348 g/mol. The normalized spacial score (nSPS) is 10.4. The van der Waals surface area contributed by atoms with Crippen LogP contribution in [0.25, 0.3) is 0 Å². The van der Waals surface area contributed by atoms with Gasteiger partial charge >= 0.3 is 0 Å². The Kier molecular flexibility index (Phi) is 5.90. The molecule has 2 N–H and O–H groups in total. The van der Waals surface area contributed by atoms with Crippen LogP contribution >= 0.6 is 0 Å². The van der Waals surface area contributed by atoms with Gasteiger partial charge in [0.2, 0.25) is 0 Å². The Bertz CT molecular complexity index is 1010. The molecule has 3 aromatic rings. The van der Waals surface area contributed by atoms with E-state index in [1.807, 2.05) is 75.4 Å². The highest BCUT2D eigenvalue weighted by Gasteiger charge is 2.08. The van der Waals surface area contributed by atoms with Crippen molar-refractivity contribution in [1.82, 2.24) is 5.32 Å². The zero-order valence-corrected chi connectivity index (χ0v) is 16.4. The van der Waals surface area contributed by atoms with Gasteiger partial charge in [0, 0.05) is 23.4 Å².